The summed E-state index contributed by atoms with van der Waals surface area (Å²) in [5.41, 5.74) is 2.62. The third-order valence-electron chi connectivity index (χ3n) is 6.56. The van der Waals surface area contributed by atoms with Crippen LogP contribution >= 0.6 is 11.6 Å². The lowest BCUT2D eigenvalue weighted by Crippen LogP contribution is -2.42. The number of methoxy groups -OCH3 is 1. The molecule has 0 aromatic heterocycles. The lowest BCUT2D eigenvalue weighted by atomic mass is 9.69. The van der Waals surface area contributed by atoms with Gasteiger partial charge in [0, 0.05) is 34.3 Å². The summed E-state index contributed by atoms with van der Waals surface area (Å²) in [6.07, 6.45) is 5.38. The van der Waals surface area contributed by atoms with Crippen LogP contribution in [0.3, 0.4) is 0 Å². The van der Waals surface area contributed by atoms with Gasteiger partial charge in [-0.1, -0.05) is 29.8 Å². The standard InChI is InChI=1S/C17H21NO3.C7H3ClO/c1-18-8-7-17-6-5-12(19)9-14(17)21-16-13(20-2)4-3-11(10-18)15(16)17;8-4-1-2-5-6(3-4)7(5)9/h3-6,12,14,19H,7-10H2,1-2H3;1-3H/t12-,14-,17-;/m0./s1. The second-order valence-electron chi connectivity index (χ2n) is 8.45. The van der Waals surface area contributed by atoms with Gasteiger partial charge in [-0.3, -0.25) is 4.79 Å². The van der Waals surface area contributed by atoms with Crippen molar-refractivity contribution in [3.63, 3.8) is 0 Å². The molecule has 2 aliphatic heterocycles. The predicted molar refractivity (Wildman–Crippen MR) is 117 cm³/mol. The highest BCUT2D eigenvalue weighted by Crippen LogP contribution is 2.55. The number of ether oxygens (including phenoxy) is 2. The van der Waals surface area contributed by atoms with Crippen molar-refractivity contribution >= 4 is 22.4 Å². The third-order valence-corrected chi connectivity index (χ3v) is 6.79. The molecular weight excluding hydrogens is 402 g/mol. The summed E-state index contributed by atoms with van der Waals surface area (Å²) in [5, 5.41) is 12.2. The van der Waals surface area contributed by atoms with E-state index in [1.54, 1.807) is 25.3 Å². The fourth-order valence-corrected chi connectivity index (χ4v) is 5.11. The summed E-state index contributed by atoms with van der Waals surface area (Å²) < 4.78 is 11.8. The highest BCUT2D eigenvalue weighted by atomic mass is 35.5. The molecule has 1 spiro atoms. The molecule has 0 unspecified atom stereocenters. The molecule has 0 saturated carbocycles. The average Bonchev–Trinajstić information content (AvgIpc) is 3.27. The smallest absolute Gasteiger partial charge is 0.194 e. The maximum Gasteiger partial charge on any atom is 0.194 e. The summed E-state index contributed by atoms with van der Waals surface area (Å²) in [5.74, 6) is 1.68. The molecule has 0 saturated heterocycles. The zero-order chi connectivity index (χ0) is 21.0. The number of aliphatic hydroxyl groups excluding tert-OH is 1. The molecule has 30 heavy (non-hydrogen) atoms. The van der Waals surface area contributed by atoms with Crippen molar-refractivity contribution in [3.8, 4) is 11.5 Å². The SMILES string of the molecule is COc1ccc2c3c1O[C@H]1C[C@@H](O)C=C[C@@]31CCN(C)C2.O=c1c2ccc(Cl)cc12. The van der Waals surface area contributed by atoms with E-state index < -0.39 is 6.10 Å². The van der Waals surface area contributed by atoms with Gasteiger partial charge in [0.2, 0.25) is 0 Å². The zero-order valence-electron chi connectivity index (χ0n) is 17.0. The minimum Gasteiger partial charge on any atom is -0.493 e. The van der Waals surface area contributed by atoms with Gasteiger partial charge in [0.1, 0.15) is 6.10 Å². The lowest BCUT2D eigenvalue weighted by Gasteiger charge is -2.35. The Balaban J connectivity index is 0.000000178. The number of fused-ring (bicyclic) bond motifs is 1. The van der Waals surface area contributed by atoms with Crippen LogP contribution in [0.25, 0.3) is 10.8 Å². The molecule has 6 heteroatoms. The predicted octanol–water partition coefficient (Wildman–Crippen LogP) is 3.58. The number of hydrogen-bond acceptors (Lipinski definition) is 5. The van der Waals surface area contributed by atoms with E-state index in [0.717, 1.165) is 41.8 Å². The molecule has 3 aliphatic rings. The van der Waals surface area contributed by atoms with Crippen molar-refractivity contribution in [1.29, 1.82) is 0 Å². The van der Waals surface area contributed by atoms with Crippen molar-refractivity contribution in [2.45, 2.75) is 37.0 Å². The summed E-state index contributed by atoms with van der Waals surface area (Å²) in [4.78, 5) is 13.0. The fourth-order valence-electron chi connectivity index (χ4n) is 4.93. The second kappa shape index (κ2) is 7.12. The monoisotopic (exact) mass is 425 g/mol. The van der Waals surface area contributed by atoms with Gasteiger partial charge in [-0.2, -0.15) is 0 Å². The first-order valence-electron chi connectivity index (χ1n) is 10.2. The molecule has 1 aliphatic carbocycles. The van der Waals surface area contributed by atoms with Gasteiger partial charge in [0.15, 0.2) is 16.9 Å². The second-order valence-corrected chi connectivity index (χ2v) is 8.88. The Morgan fingerprint density at radius 2 is 2.10 bits per heavy atom. The van der Waals surface area contributed by atoms with Crippen molar-refractivity contribution < 1.29 is 14.6 Å². The molecule has 0 amide bonds. The van der Waals surface area contributed by atoms with Crippen LogP contribution in [-0.4, -0.2) is 42.9 Å². The first-order chi connectivity index (χ1) is 14.4. The molecule has 0 radical (unpaired) electrons. The Bertz CT molecular complexity index is 1160. The van der Waals surface area contributed by atoms with Crippen LogP contribution in [0.4, 0.5) is 0 Å². The summed E-state index contributed by atoms with van der Waals surface area (Å²) in [6, 6.07) is 9.33. The lowest BCUT2D eigenvalue weighted by molar-refractivity contribution is 0.0821. The van der Waals surface area contributed by atoms with Gasteiger partial charge in [-0.25, -0.2) is 0 Å². The Labute approximate surface area is 180 Å². The average molecular weight is 426 g/mol. The van der Waals surface area contributed by atoms with E-state index >= 15 is 0 Å². The number of rotatable bonds is 1. The van der Waals surface area contributed by atoms with Crippen LogP contribution < -0.4 is 14.9 Å². The van der Waals surface area contributed by atoms with E-state index in [4.69, 9.17) is 21.1 Å². The van der Waals surface area contributed by atoms with E-state index in [0.29, 0.717) is 11.4 Å². The van der Waals surface area contributed by atoms with Gasteiger partial charge in [-0.15, -0.1) is 0 Å². The fraction of sp³-hybridized carbons (Fsp3) is 0.375. The van der Waals surface area contributed by atoms with E-state index in [2.05, 4.69) is 24.1 Å². The van der Waals surface area contributed by atoms with Crippen molar-refractivity contribution in [1.82, 2.24) is 4.90 Å². The topological polar surface area (TPSA) is 59.0 Å². The van der Waals surface area contributed by atoms with Crippen molar-refractivity contribution in [3.05, 3.63) is 68.9 Å². The van der Waals surface area contributed by atoms with Crippen LogP contribution in [0, 0.1) is 0 Å². The van der Waals surface area contributed by atoms with Gasteiger partial charge in [0.25, 0.3) is 0 Å². The van der Waals surface area contributed by atoms with E-state index in [1.807, 2.05) is 12.1 Å². The summed E-state index contributed by atoms with van der Waals surface area (Å²) in [6.45, 7) is 1.96. The Morgan fingerprint density at radius 3 is 2.83 bits per heavy atom. The molecule has 6 rings (SSSR count). The Hall–Kier alpha value is -2.34. The van der Waals surface area contributed by atoms with E-state index in [9.17, 15) is 9.90 Å². The number of benzene rings is 2. The van der Waals surface area contributed by atoms with Crippen LogP contribution in [0.1, 0.15) is 24.0 Å². The minimum absolute atomic E-state index is 0.00838. The summed E-state index contributed by atoms with van der Waals surface area (Å²) >= 11 is 5.59. The number of aliphatic hydroxyl groups is 1. The maximum absolute atomic E-state index is 10.6. The highest BCUT2D eigenvalue weighted by Gasteiger charge is 2.52. The molecule has 1 N–H and O–H groups in total. The first kappa shape index (κ1) is 19.6. The highest BCUT2D eigenvalue weighted by molar-refractivity contribution is 6.31. The number of nitrogens with zero attached hydrogens (tertiary/aromatic N) is 1. The van der Waals surface area contributed by atoms with Crippen LogP contribution in [0.5, 0.6) is 11.5 Å². The maximum atomic E-state index is 10.6. The van der Waals surface area contributed by atoms with Gasteiger partial charge >= 0.3 is 0 Å². The Kier molecular flexibility index (Phi) is 4.65. The molecule has 3 aromatic carbocycles. The van der Waals surface area contributed by atoms with Crippen LogP contribution in [0.15, 0.2) is 47.3 Å². The molecule has 0 bridgehead atoms. The molecule has 3 aromatic rings. The largest absolute Gasteiger partial charge is 0.493 e. The molecule has 3 atom stereocenters. The third kappa shape index (κ3) is 3.04. The molecule has 2 heterocycles. The van der Waals surface area contributed by atoms with Crippen molar-refractivity contribution in [2.75, 3.05) is 20.7 Å². The molecule has 0 fully saturated rings. The molecule has 5 nitrogen and oxygen atoms in total. The Morgan fingerprint density at radius 1 is 1.27 bits per heavy atom. The van der Waals surface area contributed by atoms with Gasteiger partial charge in [-0.05, 0) is 49.8 Å². The van der Waals surface area contributed by atoms with Crippen molar-refractivity contribution in [2.24, 2.45) is 0 Å². The quantitative estimate of drug-likeness (QED) is 0.604. The van der Waals surface area contributed by atoms with Crippen LogP contribution in [0.2, 0.25) is 5.02 Å². The minimum atomic E-state index is -0.412. The molecule has 156 valence electrons. The normalized spacial score (nSPS) is 27.1. The number of halogens is 1. The molecular formula is C24H24ClNO4. The van der Waals surface area contributed by atoms with Crippen LogP contribution in [-0.2, 0) is 12.0 Å². The van der Waals surface area contributed by atoms with E-state index in [1.165, 1.54) is 11.1 Å². The summed E-state index contributed by atoms with van der Waals surface area (Å²) in [7, 11) is 3.84. The first-order valence-corrected chi connectivity index (χ1v) is 10.6. The number of hydrogen-bond donors (Lipinski definition) is 1. The van der Waals surface area contributed by atoms with Gasteiger partial charge < -0.3 is 19.5 Å². The zero-order valence-corrected chi connectivity index (χ0v) is 17.8. The van der Waals surface area contributed by atoms with E-state index in [-0.39, 0.29) is 16.9 Å². The van der Waals surface area contributed by atoms with Gasteiger partial charge in [0.05, 0.1) is 18.6 Å².